The Morgan fingerprint density at radius 2 is 2.09 bits per heavy atom. The van der Waals surface area contributed by atoms with Gasteiger partial charge in [-0.2, -0.15) is 10.2 Å². The normalized spacial score (nSPS) is 10.5. The van der Waals surface area contributed by atoms with Gasteiger partial charge in [0.25, 0.3) is 5.91 Å². The molecule has 2 aromatic rings. The molecule has 22 heavy (non-hydrogen) atoms. The predicted molar refractivity (Wildman–Crippen MR) is 84.5 cm³/mol. The second-order valence-electron chi connectivity index (χ2n) is 4.55. The van der Waals surface area contributed by atoms with Gasteiger partial charge in [0.1, 0.15) is 0 Å². The first-order chi connectivity index (χ1) is 10.5. The number of aromatic nitrogens is 4. The zero-order valence-electron chi connectivity index (χ0n) is 12.3. The summed E-state index contributed by atoms with van der Waals surface area (Å²) in [5, 5.41) is 13.4. The van der Waals surface area contributed by atoms with Crippen LogP contribution in [0.25, 0.3) is 0 Å². The number of anilines is 1. The Bertz CT molecular complexity index is 678. The van der Waals surface area contributed by atoms with Gasteiger partial charge in [0.05, 0.1) is 16.4 Å². The fraction of sp³-hybridized carbons (Fsp3) is 0.385. The number of hydrogen-bond donors (Lipinski definition) is 2. The average molecular weight is 369 g/mol. The third-order valence-corrected chi connectivity index (χ3v) is 3.38. The van der Waals surface area contributed by atoms with Crippen molar-refractivity contribution < 1.29 is 9.59 Å². The lowest BCUT2D eigenvalue weighted by atomic mass is 10.3. The van der Waals surface area contributed by atoms with Crippen LogP contribution in [0.15, 0.2) is 23.1 Å². The maximum atomic E-state index is 12.0. The van der Waals surface area contributed by atoms with Crippen LogP contribution < -0.4 is 10.6 Å². The van der Waals surface area contributed by atoms with Crippen molar-refractivity contribution in [3.8, 4) is 0 Å². The molecule has 0 spiro atoms. The molecular weight excluding hydrogens is 352 g/mol. The second-order valence-corrected chi connectivity index (χ2v) is 5.46. The minimum atomic E-state index is -0.335. The Labute approximate surface area is 136 Å². The highest BCUT2D eigenvalue weighted by Crippen LogP contribution is 2.14. The molecule has 0 aliphatic heterocycles. The minimum absolute atomic E-state index is 0.201. The lowest BCUT2D eigenvalue weighted by Crippen LogP contribution is -2.22. The van der Waals surface area contributed by atoms with Gasteiger partial charge in [-0.1, -0.05) is 0 Å². The van der Waals surface area contributed by atoms with E-state index in [1.165, 1.54) is 7.05 Å². The summed E-state index contributed by atoms with van der Waals surface area (Å²) in [4.78, 5) is 23.8. The van der Waals surface area contributed by atoms with Crippen molar-refractivity contribution in [3.63, 3.8) is 0 Å². The van der Waals surface area contributed by atoms with Crippen LogP contribution >= 0.6 is 15.9 Å². The summed E-state index contributed by atoms with van der Waals surface area (Å²) in [6, 6.07) is 0. The Morgan fingerprint density at radius 3 is 2.68 bits per heavy atom. The smallest absolute Gasteiger partial charge is 0.273 e. The molecule has 0 aliphatic rings. The van der Waals surface area contributed by atoms with Gasteiger partial charge >= 0.3 is 0 Å². The van der Waals surface area contributed by atoms with Crippen LogP contribution in [0.2, 0.25) is 0 Å². The maximum absolute atomic E-state index is 12.0. The van der Waals surface area contributed by atoms with Gasteiger partial charge in [-0.3, -0.25) is 19.0 Å². The summed E-state index contributed by atoms with van der Waals surface area (Å²) >= 11 is 3.30. The van der Waals surface area contributed by atoms with Gasteiger partial charge in [-0.05, 0) is 22.9 Å². The van der Waals surface area contributed by atoms with Crippen molar-refractivity contribution in [1.29, 1.82) is 0 Å². The Balaban J connectivity index is 2.01. The van der Waals surface area contributed by atoms with Crippen molar-refractivity contribution in [2.24, 2.45) is 0 Å². The molecule has 2 N–H and O–H groups in total. The van der Waals surface area contributed by atoms with Crippen LogP contribution in [0.3, 0.4) is 0 Å². The summed E-state index contributed by atoms with van der Waals surface area (Å²) in [5.41, 5.74) is 0.618. The molecular formula is C13H17BrN6O2. The molecule has 0 aliphatic carbocycles. The first-order valence-electron chi connectivity index (χ1n) is 6.80. The van der Waals surface area contributed by atoms with E-state index in [0.29, 0.717) is 18.8 Å². The number of hydrogen-bond acceptors (Lipinski definition) is 4. The van der Waals surface area contributed by atoms with E-state index in [2.05, 4.69) is 36.8 Å². The standard InChI is InChI=1S/C13H17BrN6O2/c1-3-19-8-10(12(18-19)13(22)15-2)17-11(21)4-5-20-7-9(14)6-16-20/h6-8H,3-5H2,1-2H3,(H,15,22)(H,17,21). The lowest BCUT2D eigenvalue weighted by molar-refractivity contribution is -0.116. The molecule has 0 saturated heterocycles. The number of carbonyl (C=O) groups excluding carboxylic acids is 2. The van der Waals surface area contributed by atoms with E-state index in [1.54, 1.807) is 28.0 Å². The molecule has 2 heterocycles. The number of halogens is 1. The number of aryl methyl sites for hydroxylation is 2. The monoisotopic (exact) mass is 368 g/mol. The molecule has 2 amide bonds. The average Bonchev–Trinajstić information content (AvgIpc) is 3.10. The van der Waals surface area contributed by atoms with E-state index in [9.17, 15) is 9.59 Å². The zero-order chi connectivity index (χ0) is 16.1. The van der Waals surface area contributed by atoms with Gasteiger partial charge in [-0.25, -0.2) is 0 Å². The summed E-state index contributed by atoms with van der Waals surface area (Å²) in [6.45, 7) is 2.97. The van der Waals surface area contributed by atoms with Crippen molar-refractivity contribution >= 4 is 33.4 Å². The van der Waals surface area contributed by atoms with Gasteiger partial charge in [-0.15, -0.1) is 0 Å². The van der Waals surface area contributed by atoms with E-state index in [-0.39, 0.29) is 23.9 Å². The molecule has 0 bridgehead atoms. The number of amides is 2. The SMILES string of the molecule is CCn1cc(NC(=O)CCn2cc(Br)cn2)c(C(=O)NC)n1. The van der Waals surface area contributed by atoms with Crippen LogP contribution in [0.5, 0.6) is 0 Å². The number of carbonyl (C=O) groups is 2. The van der Waals surface area contributed by atoms with Gasteiger partial charge in [0, 0.05) is 39.0 Å². The highest BCUT2D eigenvalue weighted by molar-refractivity contribution is 9.10. The fourth-order valence-electron chi connectivity index (χ4n) is 1.85. The molecule has 2 aromatic heterocycles. The molecule has 9 heteroatoms. The Hall–Kier alpha value is -2.16. The zero-order valence-corrected chi connectivity index (χ0v) is 13.9. The van der Waals surface area contributed by atoms with Crippen LogP contribution in [-0.4, -0.2) is 38.4 Å². The maximum Gasteiger partial charge on any atom is 0.273 e. The highest BCUT2D eigenvalue weighted by atomic mass is 79.9. The molecule has 0 unspecified atom stereocenters. The molecule has 2 rings (SSSR count). The van der Waals surface area contributed by atoms with Crippen LogP contribution in [0.1, 0.15) is 23.8 Å². The van der Waals surface area contributed by atoms with E-state index < -0.39 is 0 Å². The van der Waals surface area contributed by atoms with Gasteiger partial charge in [0.2, 0.25) is 5.91 Å². The van der Waals surface area contributed by atoms with Gasteiger partial charge in [0.15, 0.2) is 5.69 Å². The first-order valence-corrected chi connectivity index (χ1v) is 7.60. The van der Waals surface area contributed by atoms with Crippen molar-refractivity contribution in [3.05, 3.63) is 28.8 Å². The van der Waals surface area contributed by atoms with E-state index in [4.69, 9.17) is 0 Å². The lowest BCUT2D eigenvalue weighted by Gasteiger charge is -2.05. The van der Waals surface area contributed by atoms with Crippen molar-refractivity contribution in [1.82, 2.24) is 24.9 Å². The molecule has 0 fully saturated rings. The van der Waals surface area contributed by atoms with Crippen molar-refractivity contribution in [2.45, 2.75) is 26.4 Å². The van der Waals surface area contributed by atoms with Gasteiger partial charge < -0.3 is 10.6 Å². The van der Waals surface area contributed by atoms with Crippen LogP contribution in [0, 0.1) is 0 Å². The van der Waals surface area contributed by atoms with E-state index in [1.807, 2.05) is 6.92 Å². The molecule has 8 nitrogen and oxygen atoms in total. The largest absolute Gasteiger partial charge is 0.354 e. The fourth-order valence-corrected chi connectivity index (χ4v) is 2.18. The number of nitrogens with zero attached hydrogens (tertiary/aromatic N) is 4. The van der Waals surface area contributed by atoms with E-state index >= 15 is 0 Å². The number of nitrogens with one attached hydrogen (secondary N) is 2. The quantitative estimate of drug-likeness (QED) is 0.802. The topological polar surface area (TPSA) is 93.8 Å². The summed E-state index contributed by atoms with van der Waals surface area (Å²) in [5.74, 6) is -0.536. The third-order valence-electron chi connectivity index (χ3n) is 2.97. The molecule has 0 saturated carbocycles. The Kier molecular flexibility index (Phi) is 5.31. The second kappa shape index (κ2) is 7.21. The van der Waals surface area contributed by atoms with Crippen LogP contribution in [-0.2, 0) is 17.9 Å². The summed E-state index contributed by atoms with van der Waals surface area (Å²) in [7, 11) is 1.52. The molecule has 118 valence electrons. The van der Waals surface area contributed by atoms with Crippen LogP contribution in [0.4, 0.5) is 5.69 Å². The molecule has 0 aromatic carbocycles. The molecule has 0 atom stereocenters. The Morgan fingerprint density at radius 1 is 1.32 bits per heavy atom. The number of rotatable bonds is 6. The first kappa shape index (κ1) is 16.2. The minimum Gasteiger partial charge on any atom is -0.354 e. The van der Waals surface area contributed by atoms with E-state index in [0.717, 1.165) is 4.47 Å². The molecule has 0 radical (unpaired) electrons. The van der Waals surface area contributed by atoms with Crippen molar-refractivity contribution in [2.75, 3.05) is 12.4 Å². The third kappa shape index (κ3) is 3.94. The highest BCUT2D eigenvalue weighted by Gasteiger charge is 2.17. The predicted octanol–water partition coefficient (Wildman–Crippen LogP) is 1.25. The summed E-state index contributed by atoms with van der Waals surface area (Å²) < 4.78 is 4.13. The summed E-state index contributed by atoms with van der Waals surface area (Å²) in [6.07, 6.45) is 5.34.